The molecule has 0 rings (SSSR count). The van der Waals surface area contributed by atoms with E-state index in [1.54, 1.807) is 7.11 Å². The lowest BCUT2D eigenvalue weighted by Crippen LogP contribution is -2.17. The highest BCUT2D eigenvalue weighted by molar-refractivity contribution is 7.49. The molecule has 11 heavy (non-hydrogen) atoms. The van der Waals surface area contributed by atoms with Crippen molar-refractivity contribution in [3.05, 3.63) is 0 Å². The third-order valence-electron chi connectivity index (χ3n) is 1.27. The molecule has 0 spiro atoms. The molecule has 6 heteroatoms. The van der Waals surface area contributed by atoms with Gasteiger partial charge in [-0.3, -0.25) is 0 Å². The summed E-state index contributed by atoms with van der Waals surface area (Å²) in [6.45, 7) is 0.864. The van der Waals surface area contributed by atoms with Crippen molar-refractivity contribution < 1.29 is 19.1 Å². The largest absolute Gasteiger partial charge is 0.402 e. The third-order valence-corrected chi connectivity index (χ3v) is 2.36. The average molecular weight is 183 g/mol. The fourth-order valence-corrected chi connectivity index (χ4v) is 0.970. The molecule has 0 heterocycles. The minimum absolute atomic E-state index is 0.345. The summed E-state index contributed by atoms with van der Waals surface area (Å²) in [7, 11) is -1.08. The molecule has 0 saturated heterocycles. The zero-order valence-electron chi connectivity index (χ0n) is 6.73. The summed E-state index contributed by atoms with van der Waals surface area (Å²) in [5.74, 6) is 0. The van der Waals surface area contributed by atoms with Crippen LogP contribution in [0.2, 0.25) is 0 Å². The molecule has 0 atom stereocenters. The summed E-state index contributed by atoms with van der Waals surface area (Å²) >= 11 is 0. The van der Waals surface area contributed by atoms with Crippen molar-refractivity contribution in [3.8, 4) is 0 Å². The lowest BCUT2D eigenvalue weighted by molar-refractivity contribution is 0.185. The first kappa shape index (κ1) is 11.1. The van der Waals surface area contributed by atoms with Crippen LogP contribution in [-0.2, 0) is 9.30 Å². The fourth-order valence-electron chi connectivity index (χ4n) is 0.568. The number of nitrogens with zero attached hydrogens (tertiary/aromatic N) is 1. The summed E-state index contributed by atoms with van der Waals surface area (Å²) in [6.07, 6.45) is 0.623. The molecule has 0 aromatic carbocycles. The van der Waals surface area contributed by atoms with E-state index in [0.717, 1.165) is 4.67 Å². The number of ether oxygens (including phenoxy) is 1. The predicted molar refractivity (Wildman–Crippen MR) is 41.2 cm³/mol. The van der Waals surface area contributed by atoms with Gasteiger partial charge in [0.25, 0.3) is 0 Å². The Labute approximate surface area is 66.2 Å². The van der Waals surface area contributed by atoms with E-state index in [1.807, 2.05) is 0 Å². The van der Waals surface area contributed by atoms with Crippen LogP contribution in [0.1, 0.15) is 6.42 Å². The average Bonchev–Trinajstić information content (AvgIpc) is 1.86. The second-order valence-electron chi connectivity index (χ2n) is 2.24. The molecule has 68 valence electrons. The maximum absolute atomic E-state index is 10.5. The molecule has 5 nitrogen and oxygen atoms in total. The SMILES string of the molecule is COCCCN(C)P(=O)(O)O. The van der Waals surface area contributed by atoms with Gasteiger partial charge in [-0.05, 0) is 13.5 Å². The molecule has 0 aromatic heterocycles. The number of hydrogen-bond acceptors (Lipinski definition) is 2. The predicted octanol–water partition coefficient (Wildman–Crippen LogP) is 0.0474. The van der Waals surface area contributed by atoms with Crippen molar-refractivity contribution in [1.29, 1.82) is 0 Å². The Bertz CT molecular complexity index is 145. The van der Waals surface area contributed by atoms with Crippen LogP contribution >= 0.6 is 7.75 Å². The van der Waals surface area contributed by atoms with Crippen LogP contribution in [0, 0.1) is 0 Å². The molecule has 0 bridgehead atoms. The Balaban J connectivity index is 3.53. The quantitative estimate of drug-likeness (QED) is 0.465. The second kappa shape index (κ2) is 4.85. The van der Waals surface area contributed by atoms with Crippen molar-refractivity contribution in [2.75, 3.05) is 27.3 Å². The van der Waals surface area contributed by atoms with Gasteiger partial charge in [0.1, 0.15) is 0 Å². The van der Waals surface area contributed by atoms with Gasteiger partial charge in [-0.15, -0.1) is 0 Å². The van der Waals surface area contributed by atoms with Gasteiger partial charge in [-0.1, -0.05) is 0 Å². The highest BCUT2D eigenvalue weighted by atomic mass is 31.2. The number of methoxy groups -OCH3 is 1. The standard InChI is InChI=1S/C5H14NO4P/c1-6(11(7,8)9)4-3-5-10-2/h3-5H2,1-2H3,(H2,7,8,9). The lowest BCUT2D eigenvalue weighted by atomic mass is 10.5. The zero-order chi connectivity index (χ0) is 8.91. The van der Waals surface area contributed by atoms with Gasteiger partial charge in [0.2, 0.25) is 0 Å². The molecular formula is C5H14NO4P. The minimum Gasteiger partial charge on any atom is -0.385 e. The Morgan fingerprint density at radius 1 is 1.55 bits per heavy atom. The lowest BCUT2D eigenvalue weighted by Gasteiger charge is -2.16. The number of hydrogen-bond donors (Lipinski definition) is 2. The first-order valence-corrected chi connectivity index (χ1v) is 4.81. The summed E-state index contributed by atoms with van der Waals surface area (Å²) in [5, 5.41) is 0. The van der Waals surface area contributed by atoms with Crippen LogP contribution in [0.4, 0.5) is 0 Å². The van der Waals surface area contributed by atoms with E-state index >= 15 is 0 Å². The minimum atomic E-state index is -4.02. The van der Waals surface area contributed by atoms with Gasteiger partial charge < -0.3 is 14.5 Å². The highest BCUT2D eigenvalue weighted by Crippen LogP contribution is 2.37. The molecule has 0 radical (unpaired) electrons. The molecule has 0 aliphatic rings. The zero-order valence-corrected chi connectivity index (χ0v) is 7.62. The van der Waals surface area contributed by atoms with Crippen LogP contribution in [0.3, 0.4) is 0 Å². The Hall–Kier alpha value is 0.0700. The topological polar surface area (TPSA) is 70.0 Å². The Morgan fingerprint density at radius 2 is 2.09 bits per heavy atom. The first-order chi connectivity index (χ1) is 4.98. The molecule has 0 unspecified atom stereocenters. The second-order valence-corrected chi connectivity index (χ2v) is 3.95. The van der Waals surface area contributed by atoms with E-state index in [-0.39, 0.29) is 0 Å². The molecule has 0 saturated carbocycles. The van der Waals surface area contributed by atoms with E-state index in [9.17, 15) is 4.57 Å². The van der Waals surface area contributed by atoms with Crippen LogP contribution in [0.25, 0.3) is 0 Å². The molecule has 0 fully saturated rings. The van der Waals surface area contributed by atoms with Crippen molar-refractivity contribution in [1.82, 2.24) is 4.67 Å². The van der Waals surface area contributed by atoms with E-state index in [1.165, 1.54) is 7.05 Å². The molecule has 0 aliphatic carbocycles. The smallest absolute Gasteiger partial charge is 0.385 e. The number of rotatable bonds is 5. The molecular weight excluding hydrogens is 169 g/mol. The molecule has 0 aromatic rings. The van der Waals surface area contributed by atoms with E-state index in [2.05, 4.69) is 0 Å². The van der Waals surface area contributed by atoms with Crippen LogP contribution in [-0.4, -0.2) is 41.8 Å². The van der Waals surface area contributed by atoms with Crippen molar-refractivity contribution in [2.45, 2.75) is 6.42 Å². The van der Waals surface area contributed by atoms with Gasteiger partial charge in [-0.25, -0.2) is 9.24 Å². The Kier molecular flexibility index (Phi) is 4.88. The van der Waals surface area contributed by atoms with Gasteiger partial charge >= 0.3 is 7.75 Å². The van der Waals surface area contributed by atoms with Crippen LogP contribution in [0.5, 0.6) is 0 Å². The van der Waals surface area contributed by atoms with Gasteiger partial charge in [0.15, 0.2) is 0 Å². The van der Waals surface area contributed by atoms with Crippen LogP contribution in [0.15, 0.2) is 0 Å². The maximum Gasteiger partial charge on any atom is 0.402 e. The van der Waals surface area contributed by atoms with Crippen molar-refractivity contribution >= 4 is 7.75 Å². The van der Waals surface area contributed by atoms with Crippen molar-refractivity contribution in [3.63, 3.8) is 0 Å². The first-order valence-electron chi connectivity index (χ1n) is 3.24. The Morgan fingerprint density at radius 3 is 2.45 bits per heavy atom. The summed E-state index contributed by atoms with van der Waals surface area (Å²) < 4.78 is 16.2. The third kappa shape index (κ3) is 5.35. The van der Waals surface area contributed by atoms with Gasteiger partial charge in [-0.2, -0.15) is 0 Å². The summed E-state index contributed by atoms with van der Waals surface area (Å²) in [4.78, 5) is 17.2. The van der Waals surface area contributed by atoms with Crippen LogP contribution < -0.4 is 0 Å². The fraction of sp³-hybridized carbons (Fsp3) is 1.00. The summed E-state index contributed by atoms with van der Waals surface area (Å²) in [5.41, 5.74) is 0. The normalized spacial score (nSPS) is 12.5. The monoisotopic (exact) mass is 183 g/mol. The van der Waals surface area contributed by atoms with Crippen molar-refractivity contribution in [2.24, 2.45) is 0 Å². The van der Waals surface area contributed by atoms with E-state index < -0.39 is 7.75 Å². The van der Waals surface area contributed by atoms with Gasteiger partial charge in [0.05, 0.1) is 0 Å². The molecule has 2 N–H and O–H groups in total. The van der Waals surface area contributed by atoms with E-state index in [4.69, 9.17) is 14.5 Å². The maximum atomic E-state index is 10.5. The van der Waals surface area contributed by atoms with Gasteiger partial charge in [0, 0.05) is 20.3 Å². The summed E-state index contributed by atoms with van der Waals surface area (Å²) in [6, 6.07) is 0. The highest BCUT2D eigenvalue weighted by Gasteiger charge is 2.19. The van der Waals surface area contributed by atoms with E-state index in [0.29, 0.717) is 19.6 Å². The molecule has 0 aliphatic heterocycles. The molecule has 0 amide bonds.